The summed E-state index contributed by atoms with van der Waals surface area (Å²) in [5, 5.41) is 3.60. The molecule has 214 valence electrons. The van der Waals surface area contributed by atoms with Gasteiger partial charge in [-0.3, -0.25) is 14.2 Å². The van der Waals surface area contributed by atoms with Gasteiger partial charge in [-0.05, 0) is 16.7 Å². The van der Waals surface area contributed by atoms with Crippen molar-refractivity contribution in [2.45, 2.75) is 18.4 Å². The molecule has 0 saturated carbocycles. The number of ether oxygens (including phenoxy) is 1. The zero-order chi connectivity index (χ0) is 29.8. The van der Waals surface area contributed by atoms with Gasteiger partial charge in [0, 0.05) is 30.9 Å². The molecule has 2 heterocycles. The smallest absolute Gasteiger partial charge is 0.300 e. The average Bonchev–Trinajstić information content (AvgIpc) is 3.24. The fourth-order valence-electron chi connectivity index (χ4n) is 5.88. The lowest BCUT2D eigenvalue weighted by molar-refractivity contribution is 0.0967. The standard InChI is InChI=1S/C36H32N4O3/c1-40-35(42)33-34(39-36(40)43-2)38-32(27-21-13-6-14-22-27)30(31(37-33)26-19-11-5-12-20-26)28(24-15-7-3-8-16-24)23-29(41)25-17-9-4-10-18-25/h3-22,28,30,32,38H,23H2,1-2H3. The lowest BCUT2D eigenvalue weighted by Crippen LogP contribution is -2.34. The highest BCUT2D eigenvalue weighted by Crippen LogP contribution is 2.45. The first kappa shape index (κ1) is 27.8. The topological polar surface area (TPSA) is 85.6 Å². The quantitative estimate of drug-likeness (QED) is 0.209. The minimum Gasteiger partial charge on any atom is -0.468 e. The second-order valence-electron chi connectivity index (χ2n) is 10.6. The van der Waals surface area contributed by atoms with E-state index in [9.17, 15) is 9.59 Å². The Morgan fingerprint density at radius 1 is 0.860 bits per heavy atom. The van der Waals surface area contributed by atoms with Gasteiger partial charge >= 0.3 is 6.01 Å². The van der Waals surface area contributed by atoms with Crippen molar-refractivity contribution in [2.75, 3.05) is 12.4 Å². The SMILES string of the molecule is COc1nc2c(c(=O)n1C)N=C(c1ccccc1)C(C(CC(=O)c1ccccc1)c1ccccc1)C(c1ccccc1)N2. The summed E-state index contributed by atoms with van der Waals surface area (Å²) in [5.41, 5.74) is 4.10. The lowest BCUT2D eigenvalue weighted by atomic mass is 9.72. The molecule has 0 amide bonds. The molecule has 3 unspecified atom stereocenters. The Kier molecular flexibility index (Phi) is 7.96. The van der Waals surface area contributed by atoms with Gasteiger partial charge in [0.15, 0.2) is 17.3 Å². The van der Waals surface area contributed by atoms with Crippen molar-refractivity contribution in [3.8, 4) is 6.01 Å². The Labute approximate surface area is 250 Å². The average molecular weight is 569 g/mol. The molecule has 6 rings (SSSR count). The number of aromatic nitrogens is 2. The van der Waals surface area contributed by atoms with Gasteiger partial charge in [0.05, 0.1) is 18.9 Å². The molecule has 7 heteroatoms. The van der Waals surface area contributed by atoms with Crippen molar-refractivity contribution < 1.29 is 9.53 Å². The molecular weight excluding hydrogens is 536 g/mol. The number of nitrogens with one attached hydrogen (secondary N) is 1. The van der Waals surface area contributed by atoms with Crippen LogP contribution in [0.25, 0.3) is 0 Å². The highest BCUT2D eigenvalue weighted by molar-refractivity contribution is 6.06. The second-order valence-corrected chi connectivity index (χ2v) is 10.6. The summed E-state index contributed by atoms with van der Waals surface area (Å²) in [6.07, 6.45) is 0.237. The Bertz CT molecular complexity index is 1800. The number of methoxy groups -OCH3 is 1. The number of carbonyl (C=O) groups is 1. The van der Waals surface area contributed by atoms with Crippen LogP contribution in [0.1, 0.15) is 45.4 Å². The van der Waals surface area contributed by atoms with Crippen LogP contribution < -0.4 is 15.6 Å². The number of hydrogen-bond acceptors (Lipinski definition) is 6. The van der Waals surface area contributed by atoms with E-state index in [-0.39, 0.29) is 47.3 Å². The van der Waals surface area contributed by atoms with Gasteiger partial charge in [-0.2, -0.15) is 4.98 Å². The van der Waals surface area contributed by atoms with Gasteiger partial charge in [0.25, 0.3) is 5.56 Å². The Morgan fingerprint density at radius 3 is 2.07 bits per heavy atom. The number of rotatable bonds is 8. The van der Waals surface area contributed by atoms with E-state index in [1.54, 1.807) is 7.05 Å². The van der Waals surface area contributed by atoms with Crippen molar-refractivity contribution >= 4 is 23.0 Å². The van der Waals surface area contributed by atoms with Crippen LogP contribution in [0.5, 0.6) is 6.01 Å². The van der Waals surface area contributed by atoms with Gasteiger partial charge < -0.3 is 10.1 Å². The summed E-state index contributed by atoms with van der Waals surface area (Å²) in [6.45, 7) is 0. The predicted octanol–water partition coefficient (Wildman–Crippen LogP) is 6.75. The first-order valence-electron chi connectivity index (χ1n) is 14.3. The van der Waals surface area contributed by atoms with E-state index >= 15 is 0 Å². The van der Waals surface area contributed by atoms with Gasteiger partial charge in [0.1, 0.15) is 0 Å². The molecule has 1 aliphatic heterocycles. The minimum atomic E-state index is -0.389. The minimum absolute atomic E-state index is 0.0335. The number of aliphatic imine (C=N–C) groups is 1. The van der Waals surface area contributed by atoms with Crippen LogP contribution in [0.15, 0.2) is 131 Å². The van der Waals surface area contributed by atoms with Gasteiger partial charge in [0.2, 0.25) is 0 Å². The molecule has 7 nitrogen and oxygen atoms in total. The molecule has 0 radical (unpaired) electrons. The van der Waals surface area contributed by atoms with Crippen LogP contribution in [-0.4, -0.2) is 28.2 Å². The van der Waals surface area contributed by atoms with Crippen LogP contribution in [0.3, 0.4) is 0 Å². The Balaban J connectivity index is 1.63. The number of ketones is 1. The molecule has 0 aliphatic carbocycles. The zero-order valence-electron chi connectivity index (χ0n) is 24.1. The van der Waals surface area contributed by atoms with Gasteiger partial charge in [-0.25, -0.2) is 4.99 Å². The van der Waals surface area contributed by atoms with Crippen molar-refractivity contribution in [3.05, 3.63) is 154 Å². The molecule has 1 aromatic heterocycles. The molecule has 1 N–H and O–H groups in total. The van der Waals surface area contributed by atoms with Crippen LogP contribution >= 0.6 is 0 Å². The molecule has 1 aliphatic rings. The number of nitrogens with zero attached hydrogens (tertiary/aromatic N) is 3. The molecule has 0 saturated heterocycles. The maximum absolute atomic E-state index is 13.9. The lowest BCUT2D eigenvalue weighted by Gasteiger charge is -2.35. The summed E-state index contributed by atoms with van der Waals surface area (Å²) in [6, 6.07) is 39.2. The highest BCUT2D eigenvalue weighted by Gasteiger charge is 2.40. The third kappa shape index (κ3) is 5.62. The first-order chi connectivity index (χ1) is 21.0. The molecule has 4 aromatic carbocycles. The van der Waals surface area contributed by atoms with Crippen molar-refractivity contribution in [1.82, 2.24) is 9.55 Å². The van der Waals surface area contributed by atoms with E-state index in [4.69, 9.17) is 9.73 Å². The fraction of sp³-hybridized carbons (Fsp3) is 0.167. The summed E-state index contributed by atoms with van der Waals surface area (Å²) in [4.78, 5) is 37.4. The van der Waals surface area contributed by atoms with Gasteiger partial charge in [-0.15, -0.1) is 0 Å². The van der Waals surface area contributed by atoms with Gasteiger partial charge in [-0.1, -0.05) is 121 Å². The van der Waals surface area contributed by atoms with Crippen molar-refractivity contribution in [1.29, 1.82) is 0 Å². The van der Waals surface area contributed by atoms with Crippen LogP contribution in [0, 0.1) is 5.92 Å². The predicted molar refractivity (Wildman–Crippen MR) is 170 cm³/mol. The summed E-state index contributed by atoms with van der Waals surface area (Å²) in [5.74, 6) is -0.299. The van der Waals surface area contributed by atoms with Crippen molar-refractivity contribution in [2.24, 2.45) is 18.0 Å². The number of benzene rings is 4. The zero-order valence-corrected chi connectivity index (χ0v) is 24.1. The Hall–Kier alpha value is -5.30. The molecular formula is C36H32N4O3. The third-order valence-corrected chi connectivity index (χ3v) is 8.00. The molecule has 43 heavy (non-hydrogen) atoms. The number of carbonyl (C=O) groups excluding carboxylic acids is 1. The number of fused-ring (bicyclic) bond motifs is 1. The second kappa shape index (κ2) is 12.3. The molecule has 0 fully saturated rings. The summed E-state index contributed by atoms with van der Waals surface area (Å²) >= 11 is 0. The van der Waals surface area contributed by atoms with E-state index < -0.39 is 0 Å². The maximum atomic E-state index is 13.9. The maximum Gasteiger partial charge on any atom is 0.300 e. The van der Waals surface area contributed by atoms with E-state index in [1.165, 1.54) is 11.7 Å². The van der Waals surface area contributed by atoms with Crippen LogP contribution in [0.4, 0.5) is 11.5 Å². The first-order valence-corrected chi connectivity index (χ1v) is 14.3. The summed E-state index contributed by atoms with van der Waals surface area (Å²) < 4.78 is 6.81. The molecule has 5 aromatic rings. The van der Waals surface area contributed by atoms with Crippen molar-refractivity contribution in [3.63, 3.8) is 0 Å². The molecule has 3 atom stereocenters. The molecule has 0 bridgehead atoms. The monoisotopic (exact) mass is 568 g/mol. The fourth-order valence-corrected chi connectivity index (χ4v) is 5.88. The normalized spacial score (nSPS) is 16.7. The van der Waals surface area contributed by atoms with E-state index in [0.29, 0.717) is 17.1 Å². The molecule has 0 spiro atoms. The van der Waals surface area contributed by atoms with E-state index in [1.807, 2.05) is 97.1 Å². The van der Waals surface area contributed by atoms with Crippen LogP contribution in [0.2, 0.25) is 0 Å². The van der Waals surface area contributed by atoms with E-state index in [2.05, 4.69) is 34.6 Å². The highest BCUT2D eigenvalue weighted by atomic mass is 16.5. The Morgan fingerprint density at radius 2 is 1.44 bits per heavy atom. The summed E-state index contributed by atoms with van der Waals surface area (Å²) in [7, 11) is 3.11. The largest absolute Gasteiger partial charge is 0.468 e. The number of Topliss-reactive ketones (excluding diaryl/α,β-unsaturated/α-hetero) is 1. The van der Waals surface area contributed by atoms with E-state index in [0.717, 1.165) is 16.7 Å². The third-order valence-electron chi connectivity index (χ3n) is 8.00. The number of anilines is 1. The van der Waals surface area contributed by atoms with Crippen LogP contribution in [-0.2, 0) is 7.05 Å². The number of hydrogen-bond donors (Lipinski definition) is 1.